The lowest BCUT2D eigenvalue weighted by Crippen LogP contribution is -2.32. The molecule has 1 aliphatic rings. The fraction of sp³-hybridized carbons (Fsp3) is 0.500. The Labute approximate surface area is 125 Å². The van der Waals surface area contributed by atoms with E-state index in [4.69, 9.17) is 11.6 Å². The molecule has 1 N–H and O–H groups in total. The summed E-state index contributed by atoms with van der Waals surface area (Å²) in [5, 5.41) is 3.04. The van der Waals surface area contributed by atoms with Crippen LogP contribution in [0.2, 0.25) is 5.02 Å². The second-order valence-corrected chi connectivity index (χ2v) is 6.67. The van der Waals surface area contributed by atoms with E-state index in [0.717, 1.165) is 18.9 Å². The molecule has 5 heteroatoms. The van der Waals surface area contributed by atoms with Gasteiger partial charge in [0.2, 0.25) is 0 Å². The predicted octanol–water partition coefficient (Wildman–Crippen LogP) is 4.16. The van der Waals surface area contributed by atoms with Crippen molar-refractivity contribution in [3.8, 4) is 0 Å². The Bertz CT molecular complexity index is 469. The number of benzene rings is 1. The van der Waals surface area contributed by atoms with Crippen LogP contribution in [0.3, 0.4) is 0 Å². The van der Waals surface area contributed by atoms with Crippen molar-refractivity contribution < 1.29 is 9.18 Å². The molecule has 104 valence electrons. The van der Waals surface area contributed by atoms with Gasteiger partial charge >= 0.3 is 0 Å². The second kappa shape index (κ2) is 6.71. The maximum absolute atomic E-state index is 12.9. The highest BCUT2D eigenvalue weighted by atomic mass is 79.9. The van der Waals surface area contributed by atoms with Crippen LogP contribution < -0.4 is 5.32 Å². The van der Waals surface area contributed by atoms with Crippen molar-refractivity contribution >= 4 is 33.4 Å². The average molecular weight is 349 g/mol. The van der Waals surface area contributed by atoms with E-state index in [1.54, 1.807) is 0 Å². The van der Waals surface area contributed by atoms with Crippen LogP contribution in [-0.2, 0) is 0 Å². The highest BCUT2D eigenvalue weighted by Gasteiger charge is 2.21. The van der Waals surface area contributed by atoms with Crippen molar-refractivity contribution in [2.45, 2.75) is 30.5 Å². The fourth-order valence-electron chi connectivity index (χ4n) is 2.42. The zero-order valence-electron chi connectivity index (χ0n) is 10.5. The molecule has 2 unspecified atom stereocenters. The number of rotatable bonds is 3. The molecule has 19 heavy (non-hydrogen) atoms. The van der Waals surface area contributed by atoms with Gasteiger partial charge in [0, 0.05) is 11.4 Å². The van der Waals surface area contributed by atoms with Crippen LogP contribution in [0, 0.1) is 11.7 Å². The summed E-state index contributed by atoms with van der Waals surface area (Å²) in [4.78, 5) is 12.5. The van der Waals surface area contributed by atoms with Crippen LogP contribution in [0.15, 0.2) is 18.2 Å². The monoisotopic (exact) mass is 347 g/mol. The van der Waals surface area contributed by atoms with E-state index < -0.39 is 5.82 Å². The summed E-state index contributed by atoms with van der Waals surface area (Å²) in [7, 11) is 0. The Morgan fingerprint density at radius 1 is 1.47 bits per heavy atom. The molecule has 2 nitrogen and oxygen atoms in total. The van der Waals surface area contributed by atoms with E-state index in [0.29, 0.717) is 22.9 Å². The minimum absolute atomic E-state index is 0.152. The maximum Gasteiger partial charge on any atom is 0.252 e. The normalized spacial score (nSPS) is 23.1. The number of amides is 1. The molecule has 0 heterocycles. The van der Waals surface area contributed by atoms with Crippen LogP contribution in [-0.4, -0.2) is 17.3 Å². The van der Waals surface area contributed by atoms with E-state index >= 15 is 0 Å². The highest BCUT2D eigenvalue weighted by molar-refractivity contribution is 9.09. The topological polar surface area (TPSA) is 29.1 Å². The first-order chi connectivity index (χ1) is 9.06. The lowest BCUT2D eigenvalue weighted by molar-refractivity contribution is 0.0944. The van der Waals surface area contributed by atoms with Gasteiger partial charge in [-0.2, -0.15) is 0 Å². The standard InChI is InChI=1S/C14H16BrClFNO/c15-10-3-1-2-9(6-10)8-18-14(19)12-5-4-11(17)7-13(12)16/h4-5,7,9-10H,1-3,6,8H2,(H,18,19). The predicted molar refractivity (Wildman–Crippen MR) is 78.4 cm³/mol. The van der Waals surface area contributed by atoms with Crippen LogP contribution in [0.5, 0.6) is 0 Å². The molecule has 0 saturated heterocycles. The Morgan fingerprint density at radius 3 is 2.95 bits per heavy atom. The average Bonchev–Trinajstić information content (AvgIpc) is 2.36. The summed E-state index contributed by atoms with van der Waals surface area (Å²) in [5.74, 6) is -0.168. The van der Waals surface area contributed by atoms with Gasteiger partial charge in [0.05, 0.1) is 10.6 Å². The number of hydrogen-bond acceptors (Lipinski definition) is 1. The summed E-state index contributed by atoms with van der Waals surface area (Å²) < 4.78 is 12.9. The van der Waals surface area contributed by atoms with Crippen molar-refractivity contribution in [1.82, 2.24) is 5.32 Å². The minimum atomic E-state index is -0.434. The van der Waals surface area contributed by atoms with Gasteiger partial charge in [-0.15, -0.1) is 0 Å². The van der Waals surface area contributed by atoms with Crippen LogP contribution in [0.25, 0.3) is 0 Å². The third-order valence-corrected chi connectivity index (χ3v) is 4.59. The molecule has 0 bridgehead atoms. The van der Waals surface area contributed by atoms with E-state index in [-0.39, 0.29) is 10.9 Å². The summed E-state index contributed by atoms with van der Waals surface area (Å²) in [5.41, 5.74) is 0.328. The number of carbonyl (C=O) groups is 1. The quantitative estimate of drug-likeness (QED) is 0.816. The lowest BCUT2D eigenvalue weighted by atomic mass is 9.89. The van der Waals surface area contributed by atoms with Gasteiger partial charge in [0.25, 0.3) is 5.91 Å². The lowest BCUT2D eigenvalue weighted by Gasteiger charge is -2.25. The third-order valence-electron chi connectivity index (χ3n) is 3.45. The van der Waals surface area contributed by atoms with E-state index in [9.17, 15) is 9.18 Å². The Morgan fingerprint density at radius 2 is 2.26 bits per heavy atom. The zero-order chi connectivity index (χ0) is 13.8. The van der Waals surface area contributed by atoms with Gasteiger partial charge in [-0.1, -0.05) is 34.0 Å². The molecular formula is C14H16BrClFNO. The number of carbonyl (C=O) groups excluding carboxylic acids is 1. The van der Waals surface area contributed by atoms with Gasteiger partial charge in [-0.05, 0) is 43.4 Å². The molecule has 2 rings (SSSR count). The second-order valence-electron chi connectivity index (χ2n) is 4.96. The zero-order valence-corrected chi connectivity index (χ0v) is 12.8. The van der Waals surface area contributed by atoms with Gasteiger partial charge < -0.3 is 5.32 Å². The summed E-state index contributed by atoms with van der Waals surface area (Å²) >= 11 is 9.49. The number of nitrogens with one attached hydrogen (secondary N) is 1. The molecule has 1 aromatic carbocycles. The molecule has 0 spiro atoms. The largest absolute Gasteiger partial charge is 0.352 e. The van der Waals surface area contributed by atoms with Crippen molar-refractivity contribution in [3.63, 3.8) is 0 Å². The van der Waals surface area contributed by atoms with Gasteiger partial charge in [-0.3, -0.25) is 4.79 Å². The Kier molecular flexibility index (Phi) is 5.22. The molecule has 1 amide bonds. The highest BCUT2D eigenvalue weighted by Crippen LogP contribution is 2.28. The van der Waals surface area contributed by atoms with Crippen LogP contribution in [0.4, 0.5) is 4.39 Å². The van der Waals surface area contributed by atoms with Crippen molar-refractivity contribution in [1.29, 1.82) is 0 Å². The number of halogens is 3. The fourth-order valence-corrected chi connectivity index (χ4v) is 3.52. The molecule has 1 saturated carbocycles. The number of alkyl halides is 1. The summed E-state index contributed by atoms with van der Waals surface area (Å²) in [6, 6.07) is 3.82. The molecular weight excluding hydrogens is 333 g/mol. The molecule has 2 atom stereocenters. The van der Waals surface area contributed by atoms with Gasteiger partial charge in [0.1, 0.15) is 5.82 Å². The summed E-state index contributed by atoms with van der Waals surface area (Å²) in [6.45, 7) is 0.647. The molecule has 1 aromatic rings. The Balaban J connectivity index is 1.90. The smallest absolute Gasteiger partial charge is 0.252 e. The molecule has 1 aliphatic carbocycles. The van der Waals surface area contributed by atoms with E-state index in [1.807, 2.05) is 0 Å². The first-order valence-corrected chi connectivity index (χ1v) is 7.73. The maximum atomic E-state index is 12.9. The minimum Gasteiger partial charge on any atom is -0.352 e. The van der Waals surface area contributed by atoms with E-state index in [2.05, 4.69) is 21.2 Å². The SMILES string of the molecule is O=C(NCC1CCCC(Br)C1)c1ccc(F)cc1Cl. The summed E-state index contributed by atoms with van der Waals surface area (Å²) in [6.07, 6.45) is 4.61. The van der Waals surface area contributed by atoms with Gasteiger partial charge in [0.15, 0.2) is 0 Å². The molecule has 0 aliphatic heterocycles. The third kappa shape index (κ3) is 4.18. The number of hydrogen-bond donors (Lipinski definition) is 1. The van der Waals surface area contributed by atoms with Crippen molar-refractivity contribution in [2.24, 2.45) is 5.92 Å². The first kappa shape index (κ1) is 14.8. The van der Waals surface area contributed by atoms with Crippen LogP contribution in [0.1, 0.15) is 36.0 Å². The molecule has 0 radical (unpaired) electrons. The first-order valence-electron chi connectivity index (χ1n) is 6.43. The van der Waals surface area contributed by atoms with Gasteiger partial charge in [-0.25, -0.2) is 4.39 Å². The van der Waals surface area contributed by atoms with Crippen molar-refractivity contribution in [2.75, 3.05) is 6.54 Å². The molecule has 0 aromatic heterocycles. The van der Waals surface area contributed by atoms with Crippen LogP contribution >= 0.6 is 27.5 Å². The van der Waals surface area contributed by atoms with Crippen molar-refractivity contribution in [3.05, 3.63) is 34.6 Å². The Hall–Kier alpha value is -0.610. The molecule has 1 fully saturated rings. The van der Waals surface area contributed by atoms with E-state index in [1.165, 1.54) is 25.0 Å².